The van der Waals surface area contributed by atoms with E-state index in [1.165, 1.54) is 26.4 Å². The van der Waals surface area contributed by atoms with E-state index in [1.54, 1.807) is 36.4 Å². The van der Waals surface area contributed by atoms with Crippen LogP contribution in [0.4, 0.5) is 10.5 Å². The van der Waals surface area contributed by atoms with Gasteiger partial charge >= 0.3 is 5.97 Å². The summed E-state index contributed by atoms with van der Waals surface area (Å²) in [6.07, 6.45) is 1.48. The van der Waals surface area contributed by atoms with Crippen LogP contribution in [0.2, 0.25) is 0 Å². The maximum absolute atomic E-state index is 12.7. The van der Waals surface area contributed by atoms with Gasteiger partial charge in [0, 0.05) is 5.69 Å². The average Bonchev–Trinajstić information content (AvgIpc) is 3.05. The van der Waals surface area contributed by atoms with Gasteiger partial charge in [-0.2, -0.15) is 0 Å². The Balaban J connectivity index is 1.68. The van der Waals surface area contributed by atoms with E-state index in [2.05, 4.69) is 5.32 Å². The third kappa shape index (κ3) is 6.04. The fourth-order valence-electron chi connectivity index (χ4n) is 2.84. The molecule has 1 fully saturated rings. The van der Waals surface area contributed by atoms with Crippen LogP contribution in [0.5, 0.6) is 17.2 Å². The molecule has 3 amide bonds. The van der Waals surface area contributed by atoms with Gasteiger partial charge in [-0.25, -0.2) is 4.79 Å². The van der Waals surface area contributed by atoms with Crippen LogP contribution < -0.4 is 19.5 Å². The van der Waals surface area contributed by atoms with Crippen LogP contribution in [0.3, 0.4) is 0 Å². The summed E-state index contributed by atoms with van der Waals surface area (Å²) >= 11 is 0.714. The van der Waals surface area contributed by atoms with E-state index < -0.39 is 36.2 Å². The second-order valence-corrected chi connectivity index (χ2v) is 7.63. The molecule has 1 aliphatic rings. The molecule has 2 aromatic carbocycles. The molecule has 10 nitrogen and oxygen atoms in total. The molecule has 0 unspecified atom stereocenters. The summed E-state index contributed by atoms with van der Waals surface area (Å²) in [6.45, 7) is -0.966. The molecule has 2 N–H and O–H groups in total. The molecule has 1 saturated heterocycles. The van der Waals surface area contributed by atoms with Crippen molar-refractivity contribution < 1.29 is 38.5 Å². The first-order chi connectivity index (χ1) is 15.8. The second-order valence-electron chi connectivity index (χ2n) is 6.64. The van der Waals surface area contributed by atoms with Crippen molar-refractivity contribution in [2.75, 3.05) is 32.7 Å². The van der Waals surface area contributed by atoms with Gasteiger partial charge in [-0.3, -0.25) is 19.3 Å². The number of carbonyl (C=O) groups excluding carboxylic acids is 3. The molecule has 172 valence electrons. The Labute approximate surface area is 193 Å². The van der Waals surface area contributed by atoms with Crippen molar-refractivity contribution in [3.05, 3.63) is 52.9 Å². The minimum Gasteiger partial charge on any atom is -0.497 e. The van der Waals surface area contributed by atoms with Crippen LogP contribution in [-0.4, -0.2) is 60.4 Å². The molecule has 0 atom stereocenters. The van der Waals surface area contributed by atoms with Gasteiger partial charge in [0.25, 0.3) is 11.1 Å². The molecule has 0 spiro atoms. The first-order valence-electron chi connectivity index (χ1n) is 9.52. The monoisotopic (exact) mass is 472 g/mol. The van der Waals surface area contributed by atoms with Crippen molar-refractivity contribution in [1.29, 1.82) is 0 Å². The zero-order valence-corrected chi connectivity index (χ0v) is 18.5. The van der Waals surface area contributed by atoms with Crippen molar-refractivity contribution in [1.82, 2.24) is 4.90 Å². The molecule has 11 heteroatoms. The standard InChI is InChI=1S/C22H20N2O8S/c1-30-15-6-4-14(5-7-15)23-19(25)11-24-21(28)18(33-22(24)29)10-13-3-8-16(17(9-13)31-2)32-12-20(26)27/h3-10H,11-12H2,1-2H3,(H,23,25)(H,26,27)/b18-10+. The first kappa shape index (κ1) is 23.7. The normalized spacial score (nSPS) is 14.4. The smallest absolute Gasteiger partial charge is 0.341 e. The molecule has 2 aromatic rings. The van der Waals surface area contributed by atoms with Gasteiger partial charge < -0.3 is 24.6 Å². The fraction of sp³-hybridized carbons (Fsp3) is 0.182. The number of anilines is 1. The maximum atomic E-state index is 12.7. The Bertz CT molecular complexity index is 1110. The summed E-state index contributed by atoms with van der Waals surface area (Å²) in [7, 11) is 2.92. The van der Waals surface area contributed by atoms with Crippen LogP contribution in [0.1, 0.15) is 5.56 Å². The van der Waals surface area contributed by atoms with E-state index in [0.29, 0.717) is 28.8 Å². The summed E-state index contributed by atoms with van der Waals surface area (Å²) in [5, 5.41) is 10.8. The van der Waals surface area contributed by atoms with Gasteiger partial charge in [0.1, 0.15) is 12.3 Å². The fourth-order valence-corrected chi connectivity index (χ4v) is 3.68. The molecular formula is C22H20N2O8S. The summed E-state index contributed by atoms with van der Waals surface area (Å²) in [4.78, 5) is 49.0. The first-order valence-corrected chi connectivity index (χ1v) is 10.3. The number of hydrogen-bond donors (Lipinski definition) is 2. The van der Waals surface area contributed by atoms with Gasteiger partial charge in [0.15, 0.2) is 18.1 Å². The number of methoxy groups -OCH3 is 2. The van der Waals surface area contributed by atoms with Crippen LogP contribution in [0, 0.1) is 0 Å². The summed E-state index contributed by atoms with van der Waals surface area (Å²) < 4.78 is 15.4. The molecule has 1 aliphatic heterocycles. The number of ether oxygens (including phenoxy) is 3. The summed E-state index contributed by atoms with van der Waals surface area (Å²) in [6, 6.07) is 11.3. The Morgan fingerprint density at radius 1 is 1.06 bits per heavy atom. The summed E-state index contributed by atoms with van der Waals surface area (Å²) in [5.74, 6) is -1.14. The topological polar surface area (TPSA) is 131 Å². The zero-order valence-electron chi connectivity index (χ0n) is 17.7. The van der Waals surface area contributed by atoms with Crippen molar-refractivity contribution in [3.8, 4) is 17.2 Å². The third-order valence-corrected chi connectivity index (χ3v) is 5.29. The third-order valence-electron chi connectivity index (χ3n) is 4.39. The molecule has 0 bridgehead atoms. The Morgan fingerprint density at radius 3 is 2.42 bits per heavy atom. The Kier molecular flexibility index (Phi) is 7.57. The van der Waals surface area contributed by atoms with Gasteiger partial charge in [0.05, 0.1) is 19.1 Å². The van der Waals surface area contributed by atoms with Crippen LogP contribution >= 0.6 is 11.8 Å². The zero-order chi connectivity index (χ0) is 24.0. The molecule has 0 radical (unpaired) electrons. The number of aliphatic carboxylic acids is 1. The van der Waals surface area contributed by atoms with E-state index in [0.717, 1.165) is 4.90 Å². The van der Waals surface area contributed by atoms with Gasteiger partial charge in [0.2, 0.25) is 5.91 Å². The predicted molar refractivity (Wildman–Crippen MR) is 120 cm³/mol. The average molecular weight is 472 g/mol. The highest BCUT2D eigenvalue weighted by molar-refractivity contribution is 8.18. The highest BCUT2D eigenvalue weighted by atomic mass is 32.2. The van der Waals surface area contributed by atoms with Gasteiger partial charge in [-0.15, -0.1) is 0 Å². The quantitative estimate of drug-likeness (QED) is 0.529. The molecule has 0 aromatic heterocycles. The molecular weight excluding hydrogens is 452 g/mol. The number of carbonyl (C=O) groups is 4. The lowest BCUT2D eigenvalue weighted by molar-refractivity contribution is -0.139. The van der Waals surface area contributed by atoms with Crippen LogP contribution in [0.25, 0.3) is 6.08 Å². The van der Waals surface area contributed by atoms with Crippen LogP contribution in [0.15, 0.2) is 47.4 Å². The second kappa shape index (κ2) is 10.6. The van der Waals surface area contributed by atoms with Crippen molar-refractivity contribution in [2.24, 2.45) is 0 Å². The van der Waals surface area contributed by atoms with E-state index in [4.69, 9.17) is 19.3 Å². The van der Waals surface area contributed by atoms with E-state index >= 15 is 0 Å². The van der Waals surface area contributed by atoms with E-state index in [-0.39, 0.29) is 16.4 Å². The van der Waals surface area contributed by atoms with Crippen molar-refractivity contribution in [3.63, 3.8) is 0 Å². The Morgan fingerprint density at radius 2 is 1.79 bits per heavy atom. The molecule has 0 aliphatic carbocycles. The van der Waals surface area contributed by atoms with E-state index in [1.807, 2.05) is 0 Å². The maximum Gasteiger partial charge on any atom is 0.341 e. The lowest BCUT2D eigenvalue weighted by Crippen LogP contribution is -2.36. The molecule has 33 heavy (non-hydrogen) atoms. The molecule has 3 rings (SSSR count). The SMILES string of the molecule is COc1ccc(NC(=O)CN2C(=O)S/C(=C/c3ccc(OCC(=O)O)c(OC)c3)C2=O)cc1. The minimum absolute atomic E-state index is 0.138. The number of benzene rings is 2. The number of nitrogens with one attached hydrogen (secondary N) is 1. The number of thioether (sulfide) groups is 1. The number of carboxylic acids is 1. The van der Waals surface area contributed by atoms with Crippen molar-refractivity contribution in [2.45, 2.75) is 0 Å². The number of rotatable bonds is 9. The van der Waals surface area contributed by atoms with Crippen molar-refractivity contribution >= 4 is 46.5 Å². The largest absolute Gasteiger partial charge is 0.497 e. The molecule has 1 heterocycles. The number of amides is 3. The highest BCUT2D eigenvalue weighted by Crippen LogP contribution is 2.34. The summed E-state index contributed by atoms with van der Waals surface area (Å²) in [5.41, 5.74) is 1.03. The lowest BCUT2D eigenvalue weighted by Gasteiger charge is -2.12. The van der Waals surface area contributed by atoms with Crippen LogP contribution in [-0.2, 0) is 14.4 Å². The molecule has 0 saturated carbocycles. The van der Waals surface area contributed by atoms with E-state index in [9.17, 15) is 19.2 Å². The number of carboxylic acid groups (broad SMARTS) is 1. The number of hydrogen-bond acceptors (Lipinski definition) is 8. The lowest BCUT2D eigenvalue weighted by atomic mass is 10.2. The Hall–Kier alpha value is -3.99. The highest BCUT2D eigenvalue weighted by Gasteiger charge is 2.36. The number of imide groups is 1. The predicted octanol–water partition coefficient (Wildman–Crippen LogP) is 2.84. The van der Waals surface area contributed by atoms with Gasteiger partial charge in [-0.05, 0) is 59.8 Å². The van der Waals surface area contributed by atoms with Gasteiger partial charge in [-0.1, -0.05) is 6.07 Å². The minimum atomic E-state index is -1.13. The number of nitrogens with zero attached hydrogens (tertiary/aromatic N) is 1.